The summed E-state index contributed by atoms with van der Waals surface area (Å²) >= 11 is 0. The number of rotatable bonds is 10. The second-order valence-electron chi connectivity index (χ2n) is 17.3. The molecule has 3 aliphatic carbocycles. The summed E-state index contributed by atoms with van der Waals surface area (Å²) in [5, 5.41) is 0. The van der Waals surface area contributed by atoms with Crippen molar-refractivity contribution in [2.45, 2.75) is 82.6 Å². The molecule has 1 unspecified atom stereocenters. The Hall–Kier alpha value is -6.85. The smallest absolute Gasteiger partial charge is 0.164 e. The van der Waals surface area contributed by atoms with E-state index in [0.717, 1.165) is 95.4 Å². The van der Waals surface area contributed by atoms with Crippen molar-refractivity contribution in [1.82, 2.24) is 15.0 Å². The van der Waals surface area contributed by atoms with Crippen molar-refractivity contribution < 1.29 is 0 Å². The number of aromatic nitrogens is 3. The first-order valence-electron chi connectivity index (χ1n) is 22.8. The monoisotopic (exact) mass is 819 g/mol. The van der Waals surface area contributed by atoms with Crippen LogP contribution in [0, 0.1) is 0 Å². The van der Waals surface area contributed by atoms with Crippen molar-refractivity contribution in [2.75, 3.05) is 0 Å². The predicted octanol–water partition coefficient (Wildman–Crippen LogP) is 14.4. The summed E-state index contributed by atoms with van der Waals surface area (Å²) in [7, 11) is 0. The lowest BCUT2D eigenvalue weighted by molar-refractivity contribution is 0.346. The van der Waals surface area contributed by atoms with E-state index < -0.39 is 0 Å². The molecule has 310 valence electrons. The van der Waals surface area contributed by atoms with Gasteiger partial charge in [-0.2, -0.15) is 0 Å². The number of amidine groups is 1. The van der Waals surface area contributed by atoms with E-state index >= 15 is 0 Å². The van der Waals surface area contributed by atoms with E-state index in [9.17, 15) is 0 Å². The first kappa shape index (κ1) is 40.2. The van der Waals surface area contributed by atoms with Crippen LogP contribution in [0.15, 0.2) is 168 Å². The summed E-state index contributed by atoms with van der Waals surface area (Å²) < 4.78 is 0. The van der Waals surface area contributed by atoms with Crippen molar-refractivity contribution in [3.8, 4) is 34.2 Å². The van der Waals surface area contributed by atoms with Gasteiger partial charge in [-0.25, -0.2) is 19.9 Å². The molecule has 4 aliphatic rings. The molecule has 0 bridgehead atoms. The third kappa shape index (κ3) is 8.28. The van der Waals surface area contributed by atoms with Gasteiger partial charge in [0.15, 0.2) is 23.3 Å². The van der Waals surface area contributed by atoms with Crippen LogP contribution in [-0.4, -0.2) is 26.5 Å². The molecule has 5 aromatic carbocycles. The summed E-state index contributed by atoms with van der Waals surface area (Å²) in [6, 6.07) is 41.9. The van der Waals surface area contributed by atoms with Crippen LogP contribution in [0.2, 0.25) is 0 Å². The molecule has 0 saturated heterocycles. The van der Waals surface area contributed by atoms with E-state index in [-0.39, 0.29) is 11.5 Å². The van der Waals surface area contributed by atoms with Crippen LogP contribution in [0.25, 0.3) is 52.4 Å². The van der Waals surface area contributed by atoms with Crippen LogP contribution in [0.1, 0.15) is 115 Å². The van der Waals surface area contributed by atoms with Gasteiger partial charge in [0.05, 0.1) is 11.8 Å². The van der Waals surface area contributed by atoms with Gasteiger partial charge in [-0.15, -0.1) is 0 Å². The van der Waals surface area contributed by atoms with Crippen molar-refractivity contribution in [3.05, 3.63) is 202 Å². The first-order chi connectivity index (χ1) is 31.1. The van der Waals surface area contributed by atoms with Crippen LogP contribution in [0.3, 0.4) is 0 Å². The van der Waals surface area contributed by atoms with Crippen molar-refractivity contribution in [1.29, 1.82) is 0 Å². The molecular formula is C58H53N5. The minimum atomic E-state index is -0.0766. The summed E-state index contributed by atoms with van der Waals surface area (Å²) in [6.45, 7) is 6.11. The molecule has 1 aliphatic heterocycles. The quantitative estimate of drug-likeness (QED) is 0.138. The van der Waals surface area contributed by atoms with E-state index in [1.54, 1.807) is 0 Å². The van der Waals surface area contributed by atoms with Gasteiger partial charge in [-0.3, -0.25) is 4.99 Å². The van der Waals surface area contributed by atoms with Gasteiger partial charge in [-0.1, -0.05) is 178 Å². The summed E-state index contributed by atoms with van der Waals surface area (Å²) in [4.78, 5) is 25.8. The summed E-state index contributed by atoms with van der Waals surface area (Å²) in [5.41, 5.74) is 15.0. The van der Waals surface area contributed by atoms with Gasteiger partial charge in [0.1, 0.15) is 0 Å². The van der Waals surface area contributed by atoms with E-state index in [1.807, 2.05) is 24.3 Å². The van der Waals surface area contributed by atoms with Crippen LogP contribution < -0.4 is 0 Å². The largest absolute Gasteiger partial charge is 0.258 e. The Labute approximate surface area is 372 Å². The maximum Gasteiger partial charge on any atom is 0.164 e. The van der Waals surface area contributed by atoms with Crippen LogP contribution in [-0.2, 0) is 11.8 Å². The number of aryl methyl sites for hydroxylation is 1. The zero-order chi connectivity index (χ0) is 42.6. The lowest BCUT2D eigenvalue weighted by Gasteiger charge is -2.39. The number of hydrogen-bond donors (Lipinski definition) is 0. The number of allylic oxidation sites excluding steroid dienone is 4. The van der Waals surface area contributed by atoms with Gasteiger partial charge >= 0.3 is 0 Å². The molecule has 5 nitrogen and oxygen atoms in total. The average Bonchev–Trinajstić information content (AvgIpc) is 3.37. The van der Waals surface area contributed by atoms with Gasteiger partial charge < -0.3 is 0 Å². The second-order valence-corrected chi connectivity index (χ2v) is 17.3. The zero-order valence-electron chi connectivity index (χ0n) is 36.2. The van der Waals surface area contributed by atoms with E-state index in [0.29, 0.717) is 17.5 Å². The normalized spacial score (nSPS) is 18.0. The highest BCUT2D eigenvalue weighted by atomic mass is 15.0. The maximum absolute atomic E-state index is 5.33. The van der Waals surface area contributed by atoms with Crippen LogP contribution in [0.4, 0.5) is 0 Å². The minimum absolute atomic E-state index is 0.0348. The topological polar surface area (TPSA) is 63.4 Å². The standard InChI is InChI=1S/C58H53N5/c1-3-16-46-37-48(25-23-40(46)4-2)53-39-52(59-54(60-53)43-18-8-5-9-19-43)42-27-31-50(32-28-42)58(35-14-7-15-36-58)51-33-29-45(30-34-51)56-61-55(44-20-10-6-11-21-44)62-57(63-56)49-26-24-41-17-12-13-22-47(41)38-49/h3-4,6,8,10-11,13,16,18-34,37-38,52H,2,5,7,9,12,14-15,17,35-36,39H2,1H3/b16-3-. The number of nitrogens with zero attached hydrogens (tertiary/aromatic N) is 5. The number of aliphatic imine (C=N–C) groups is 2. The fourth-order valence-electron chi connectivity index (χ4n) is 9.91. The highest BCUT2D eigenvalue weighted by Crippen LogP contribution is 2.46. The third-order valence-corrected chi connectivity index (χ3v) is 13.3. The lowest BCUT2D eigenvalue weighted by atomic mass is 9.65. The third-order valence-electron chi connectivity index (χ3n) is 13.3. The molecule has 0 spiro atoms. The van der Waals surface area contributed by atoms with E-state index in [2.05, 4.69) is 153 Å². The molecule has 1 saturated carbocycles. The van der Waals surface area contributed by atoms with Crippen LogP contribution >= 0.6 is 0 Å². The van der Waals surface area contributed by atoms with Crippen molar-refractivity contribution in [2.24, 2.45) is 9.98 Å². The molecule has 0 radical (unpaired) electrons. The predicted molar refractivity (Wildman–Crippen MR) is 263 cm³/mol. The molecule has 1 aromatic heterocycles. The Morgan fingerprint density at radius 2 is 1.32 bits per heavy atom. The second kappa shape index (κ2) is 17.9. The molecule has 1 atom stereocenters. The van der Waals surface area contributed by atoms with Crippen molar-refractivity contribution in [3.63, 3.8) is 0 Å². The molecule has 10 rings (SSSR count). The number of hydrogen-bond acceptors (Lipinski definition) is 5. The Morgan fingerprint density at radius 1 is 0.635 bits per heavy atom. The molecule has 1 fully saturated rings. The molecule has 5 heteroatoms. The van der Waals surface area contributed by atoms with E-state index in [1.165, 1.54) is 47.1 Å². The van der Waals surface area contributed by atoms with Gasteiger partial charge in [0.25, 0.3) is 0 Å². The first-order valence-corrected chi connectivity index (χ1v) is 22.8. The highest BCUT2D eigenvalue weighted by molar-refractivity contribution is 6.15. The lowest BCUT2D eigenvalue weighted by Crippen LogP contribution is -2.30. The highest BCUT2D eigenvalue weighted by Gasteiger charge is 2.36. The summed E-state index contributed by atoms with van der Waals surface area (Å²) in [5.74, 6) is 2.88. The zero-order valence-corrected chi connectivity index (χ0v) is 36.2. The minimum Gasteiger partial charge on any atom is -0.258 e. The molecule has 0 amide bonds. The van der Waals surface area contributed by atoms with Crippen molar-refractivity contribution >= 4 is 29.8 Å². The molecule has 2 heterocycles. The Kier molecular flexibility index (Phi) is 11.4. The SMILES string of the molecule is C=Cc1ccc(C2=NC(C3=CCCC=C3)=NC(c3ccc(C4(c5ccc(-c6nc(-c7ccccc7)nc(-c7ccc8c(c7)C=CCC8)n6)cc5)CCCCC4)cc3)C2)cc1/C=C\C. The van der Waals surface area contributed by atoms with Gasteiger partial charge in [0.2, 0.25) is 0 Å². The Morgan fingerprint density at radius 3 is 2.03 bits per heavy atom. The van der Waals surface area contributed by atoms with Crippen LogP contribution in [0.5, 0.6) is 0 Å². The summed E-state index contributed by atoms with van der Waals surface area (Å²) in [6.07, 6.45) is 28.2. The molecule has 63 heavy (non-hydrogen) atoms. The Bertz CT molecular complexity index is 2850. The average molecular weight is 820 g/mol. The maximum atomic E-state index is 5.33. The number of fused-ring (bicyclic) bond motifs is 1. The molecular weight excluding hydrogens is 767 g/mol. The van der Waals surface area contributed by atoms with Gasteiger partial charge in [-0.05, 0) is 102 Å². The fraction of sp³-hybridized carbons (Fsp3) is 0.224. The Balaban J connectivity index is 0.972. The number of benzene rings is 5. The van der Waals surface area contributed by atoms with E-state index in [4.69, 9.17) is 24.9 Å². The fourth-order valence-corrected chi connectivity index (χ4v) is 9.91. The molecule has 6 aromatic rings. The van der Waals surface area contributed by atoms with Gasteiger partial charge in [0, 0.05) is 34.1 Å². The molecule has 0 N–H and O–H groups in total.